The number of nitrogens with one attached hydrogen (secondary N) is 1. The van der Waals surface area contributed by atoms with Crippen LogP contribution in [0.1, 0.15) is 23.8 Å². The van der Waals surface area contributed by atoms with Crippen LogP contribution in [0.5, 0.6) is 0 Å². The molecule has 15 heavy (non-hydrogen) atoms. The third-order valence-corrected chi connectivity index (χ3v) is 1.65. The Morgan fingerprint density at radius 1 is 1.73 bits per heavy atom. The number of hydrogen-bond acceptors (Lipinski definition) is 6. The zero-order valence-corrected chi connectivity index (χ0v) is 8.66. The number of carbonyl (C=O) groups is 1. The van der Waals surface area contributed by atoms with Gasteiger partial charge in [-0.3, -0.25) is 0 Å². The van der Waals surface area contributed by atoms with E-state index in [1.54, 1.807) is 6.92 Å². The number of hydrogen-bond donors (Lipinski definition) is 2. The van der Waals surface area contributed by atoms with Crippen molar-refractivity contribution >= 4 is 12.0 Å². The van der Waals surface area contributed by atoms with Crippen molar-refractivity contribution in [3.63, 3.8) is 0 Å². The first kappa shape index (κ1) is 11.5. The van der Waals surface area contributed by atoms with Crippen molar-refractivity contribution in [1.82, 2.24) is 4.98 Å². The zero-order chi connectivity index (χ0) is 11.1. The van der Waals surface area contributed by atoms with Crippen molar-refractivity contribution in [3.05, 3.63) is 12.0 Å². The van der Waals surface area contributed by atoms with Gasteiger partial charge in [-0.1, -0.05) is 0 Å². The zero-order valence-electron chi connectivity index (χ0n) is 8.66. The molecule has 1 heterocycles. The summed E-state index contributed by atoms with van der Waals surface area (Å²) in [5, 5.41) is 2.90. The normalized spacial score (nSPS) is 10.0. The van der Waals surface area contributed by atoms with E-state index in [2.05, 4.69) is 10.3 Å². The van der Waals surface area contributed by atoms with Gasteiger partial charge < -0.3 is 20.2 Å². The molecule has 3 N–H and O–H groups in total. The number of nitrogens with two attached hydrogens (primary N) is 1. The van der Waals surface area contributed by atoms with E-state index in [9.17, 15) is 4.79 Å². The van der Waals surface area contributed by atoms with E-state index < -0.39 is 5.97 Å². The number of oxazole rings is 1. The van der Waals surface area contributed by atoms with Gasteiger partial charge in [0.1, 0.15) is 6.26 Å². The summed E-state index contributed by atoms with van der Waals surface area (Å²) in [4.78, 5) is 15.1. The van der Waals surface area contributed by atoms with Gasteiger partial charge in [0, 0.05) is 6.54 Å². The minimum atomic E-state index is -0.479. The summed E-state index contributed by atoms with van der Waals surface area (Å²) in [5.41, 5.74) is 5.49. The van der Waals surface area contributed by atoms with Gasteiger partial charge in [-0.25, -0.2) is 4.79 Å². The maximum atomic E-state index is 11.2. The molecule has 6 nitrogen and oxygen atoms in total. The largest absolute Gasteiger partial charge is 0.461 e. The highest BCUT2D eigenvalue weighted by Crippen LogP contribution is 2.08. The van der Waals surface area contributed by atoms with E-state index >= 15 is 0 Å². The number of esters is 1. The van der Waals surface area contributed by atoms with Crippen LogP contribution in [0, 0.1) is 0 Å². The smallest absolute Gasteiger partial charge is 0.360 e. The SMILES string of the molecule is CCOC(=O)c1coc(NCCCN)n1. The second-order valence-electron chi connectivity index (χ2n) is 2.83. The number of nitrogens with zero attached hydrogens (tertiary/aromatic N) is 1. The molecule has 0 aliphatic carbocycles. The summed E-state index contributed by atoms with van der Waals surface area (Å²) in [6, 6.07) is 0.312. The molecule has 0 saturated carbocycles. The molecule has 0 spiro atoms. The molecule has 0 unspecified atom stereocenters. The van der Waals surface area contributed by atoms with Gasteiger partial charge in [-0.05, 0) is 19.9 Å². The fourth-order valence-electron chi connectivity index (χ4n) is 0.951. The fourth-order valence-corrected chi connectivity index (χ4v) is 0.951. The first-order valence-electron chi connectivity index (χ1n) is 4.84. The van der Waals surface area contributed by atoms with Crippen molar-refractivity contribution in [1.29, 1.82) is 0 Å². The summed E-state index contributed by atoms with van der Waals surface area (Å²) in [6.45, 7) is 3.32. The summed E-state index contributed by atoms with van der Waals surface area (Å²) in [5.74, 6) is -0.479. The lowest BCUT2D eigenvalue weighted by atomic mass is 10.4. The number of ether oxygens (including phenoxy) is 1. The van der Waals surface area contributed by atoms with Crippen molar-refractivity contribution in [2.24, 2.45) is 5.73 Å². The predicted octanol–water partition coefficient (Wildman–Crippen LogP) is 0.612. The van der Waals surface area contributed by atoms with E-state index in [4.69, 9.17) is 14.9 Å². The van der Waals surface area contributed by atoms with Crippen LogP contribution in [0.3, 0.4) is 0 Å². The van der Waals surface area contributed by atoms with E-state index in [1.807, 2.05) is 0 Å². The molecule has 6 heteroatoms. The van der Waals surface area contributed by atoms with Crippen LogP contribution in [-0.2, 0) is 4.74 Å². The second-order valence-corrected chi connectivity index (χ2v) is 2.83. The average molecular weight is 213 g/mol. The minimum absolute atomic E-state index is 0.173. The Labute approximate surface area is 87.8 Å². The molecule has 84 valence electrons. The van der Waals surface area contributed by atoms with Crippen LogP contribution >= 0.6 is 0 Å². The van der Waals surface area contributed by atoms with E-state index in [0.717, 1.165) is 6.42 Å². The molecular formula is C9H15N3O3. The molecule has 0 fully saturated rings. The number of carbonyl (C=O) groups excluding carboxylic acids is 1. The van der Waals surface area contributed by atoms with Gasteiger partial charge in [0.25, 0.3) is 6.01 Å². The monoisotopic (exact) mass is 213 g/mol. The Kier molecular flexibility index (Phi) is 4.62. The van der Waals surface area contributed by atoms with Gasteiger partial charge >= 0.3 is 5.97 Å². The summed E-state index contributed by atoms with van der Waals surface area (Å²) < 4.78 is 9.77. The molecule has 0 bridgehead atoms. The molecule has 0 radical (unpaired) electrons. The fraction of sp³-hybridized carbons (Fsp3) is 0.556. The lowest BCUT2D eigenvalue weighted by Gasteiger charge is -1.98. The number of anilines is 1. The molecule has 0 aromatic carbocycles. The van der Waals surface area contributed by atoms with Crippen molar-refractivity contribution in [2.75, 3.05) is 25.0 Å². The topological polar surface area (TPSA) is 90.4 Å². The Morgan fingerprint density at radius 2 is 2.53 bits per heavy atom. The summed E-state index contributed by atoms with van der Waals surface area (Å²) in [6.07, 6.45) is 2.08. The minimum Gasteiger partial charge on any atom is -0.461 e. The van der Waals surface area contributed by atoms with Crippen molar-refractivity contribution in [2.45, 2.75) is 13.3 Å². The lowest BCUT2D eigenvalue weighted by molar-refractivity contribution is 0.0519. The van der Waals surface area contributed by atoms with Gasteiger partial charge in [0.05, 0.1) is 6.61 Å². The van der Waals surface area contributed by atoms with E-state index in [-0.39, 0.29) is 5.69 Å². The number of rotatable bonds is 6. The third-order valence-electron chi connectivity index (χ3n) is 1.65. The lowest BCUT2D eigenvalue weighted by Crippen LogP contribution is -2.09. The van der Waals surface area contributed by atoms with Crippen molar-refractivity contribution < 1.29 is 13.9 Å². The van der Waals surface area contributed by atoms with Gasteiger partial charge in [-0.15, -0.1) is 0 Å². The maximum absolute atomic E-state index is 11.2. The Hall–Kier alpha value is -1.56. The molecule has 1 aromatic rings. The third kappa shape index (κ3) is 3.59. The average Bonchev–Trinajstić information content (AvgIpc) is 2.67. The van der Waals surface area contributed by atoms with Crippen LogP contribution in [0.4, 0.5) is 6.01 Å². The Balaban J connectivity index is 2.45. The van der Waals surface area contributed by atoms with E-state index in [0.29, 0.717) is 25.7 Å². The molecule has 1 aromatic heterocycles. The first-order chi connectivity index (χ1) is 7.27. The van der Waals surface area contributed by atoms with E-state index in [1.165, 1.54) is 6.26 Å². The van der Waals surface area contributed by atoms with Crippen LogP contribution in [0.25, 0.3) is 0 Å². The van der Waals surface area contributed by atoms with Crippen molar-refractivity contribution in [3.8, 4) is 0 Å². The molecule has 0 saturated heterocycles. The Morgan fingerprint density at radius 3 is 3.20 bits per heavy atom. The van der Waals surface area contributed by atoms with Gasteiger partial charge in [0.15, 0.2) is 5.69 Å². The van der Waals surface area contributed by atoms with Crippen LogP contribution in [0.15, 0.2) is 10.7 Å². The molecular weight excluding hydrogens is 198 g/mol. The first-order valence-corrected chi connectivity index (χ1v) is 4.84. The molecule has 0 amide bonds. The summed E-state index contributed by atoms with van der Waals surface area (Å²) in [7, 11) is 0. The predicted molar refractivity (Wildman–Crippen MR) is 54.6 cm³/mol. The maximum Gasteiger partial charge on any atom is 0.360 e. The molecule has 1 rings (SSSR count). The quantitative estimate of drug-likeness (QED) is 0.531. The standard InChI is InChI=1S/C9H15N3O3/c1-2-14-8(13)7-6-15-9(12-7)11-5-3-4-10/h6H,2-5,10H2,1H3,(H,11,12). The van der Waals surface area contributed by atoms with Crippen LogP contribution in [0.2, 0.25) is 0 Å². The highest BCUT2D eigenvalue weighted by Gasteiger charge is 2.12. The van der Waals surface area contributed by atoms with Gasteiger partial charge in [0.2, 0.25) is 0 Å². The highest BCUT2D eigenvalue weighted by molar-refractivity contribution is 5.87. The Bertz CT molecular complexity index is 311. The number of aromatic nitrogens is 1. The molecule has 0 aliphatic heterocycles. The summed E-state index contributed by atoms with van der Waals surface area (Å²) >= 11 is 0. The second kappa shape index (κ2) is 6.02. The molecule has 0 aliphatic rings. The van der Waals surface area contributed by atoms with Gasteiger partial charge in [-0.2, -0.15) is 4.98 Å². The van der Waals surface area contributed by atoms with Crippen LogP contribution < -0.4 is 11.1 Å². The van der Waals surface area contributed by atoms with Crippen LogP contribution in [-0.4, -0.2) is 30.6 Å². The molecule has 0 atom stereocenters. The highest BCUT2D eigenvalue weighted by atomic mass is 16.5.